The quantitative estimate of drug-likeness (QED) is 0.699. The van der Waals surface area contributed by atoms with Crippen molar-refractivity contribution in [1.82, 2.24) is 10.6 Å². The molecule has 3 N–H and O–H groups in total. The summed E-state index contributed by atoms with van der Waals surface area (Å²) >= 11 is 0. The van der Waals surface area contributed by atoms with Crippen LogP contribution in [0, 0.1) is 5.41 Å². The summed E-state index contributed by atoms with van der Waals surface area (Å²) < 4.78 is 0. The number of aliphatic carboxylic acids is 1. The Hall–Kier alpha value is -1.26. The molecule has 0 aliphatic heterocycles. The molecule has 0 aromatic carbocycles. The Morgan fingerprint density at radius 3 is 2.29 bits per heavy atom. The van der Waals surface area contributed by atoms with Gasteiger partial charge in [0.25, 0.3) is 0 Å². The first-order valence-corrected chi connectivity index (χ1v) is 6.18. The molecule has 96 valence electrons. The Morgan fingerprint density at radius 1 is 1.24 bits per heavy atom. The number of rotatable bonds is 3. The normalized spacial score (nSPS) is 28.5. The largest absolute Gasteiger partial charge is 0.480 e. The molecule has 5 nitrogen and oxygen atoms in total. The maximum atomic E-state index is 11.8. The molecule has 17 heavy (non-hydrogen) atoms. The first-order valence-electron chi connectivity index (χ1n) is 6.18. The summed E-state index contributed by atoms with van der Waals surface area (Å²) in [4.78, 5) is 22.7. The zero-order valence-corrected chi connectivity index (χ0v) is 10.4. The van der Waals surface area contributed by atoms with Crippen molar-refractivity contribution >= 4 is 12.0 Å². The van der Waals surface area contributed by atoms with Crippen LogP contribution >= 0.6 is 0 Å². The lowest BCUT2D eigenvalue weighted by atomic mass is 9.87. The fraction of sp³-hybridized carbons (Fsp3) is 0.833. The zero-order valence-electron chi connectivity index (χ0n) is 10.4. The predicted molar refractivity (Wildman–Crippen MR) is 62.7 cm³/mol. The molecule has 1 unspecified atom stereocenters. The molecular formula is C12H20N2O3. The van der Waals surface area contributed by atoms with Crippen molar-refractivity contribution in [3.8, 4) is 0 Å². The number of carboxylic acid groups (broad SMARTS) is 1. The topological polar surface area (TPSA) is 78.4 Å². The van der Waals surface area contributed by atoms with Crippen LogP contribution in [0.3, 0.4) is 0 Å². The van der Waals surface area contributed by atoms with Gasteiger partial charge in [-0.3, -0.25) is 0 Å². The molecule has 0 saturated heterocycles. The zero-order chi connectivity index (χ0) is 12.7. The van der Waals surface area contributed by atoms with E-state index < -0.39 is 11.5 Å². The first kappa shape index (κ1) is 12.2. The van der Waals surface area contributed by atoms with Gasteiger partial charge in [-0.15, -0.1) is 0 Å². The van der Waals surface area contributed by atoms with Crippen LogP contribution in [0.15, 0.2) is 0 Å². The molecule has 0 aromatic rings. The average molecular weight is 240 g/mol. The number of carbonyl (C=O) groups is 2. The number of carboxylic acids is 1. The van der Waals surface area contributed by atoms with Gasteiger partial charge in [-0.25, -0.2) is 9.59 Å². The van der Waals surface area contributed by atoms with Crippen LogP contribution in [0.4, 0.5) is 4.79 Å². The Morgan fingerprint density at radius 2 is 1.88 bits per heavy atom. The summed E-state index contributed by atoms with van der Waals surface area (Å²) in [5.41, 5.74) is -0.885. The molecule has 2 amide bonds. The van der Waals surface area contributed by atoms with E-state index in [0.717, 1.165) is 19.3 Å². The van der Waals surface area contributed by atoms with Gasteiger partial charge in [-0.2, -0.15) is 0 Å². The lowest BCUT2D eigenvalue weighted by molar-refractivity contribution is -0.140. The first-order chi connectivity index (χ1) is 7.86. The highest BCUT2D eigenvalue weighted by Crippen LogP contribution is 2.38. The van der Waals surface area contributed by atoms with Gasteiger partial charge in [-0.05, 0) is 31.1 Å². The van der Waals surface area contributed by atoms with Crippen LogP contribution in [-0.4, -0.2) is 28.7 Å². The second-order valence-electron chi connectivity index (χ2n) is 5.92. The number of amides is 2. The van der Waals surface area contributed by atoms with Gasteiger partial charge in [-0.1, -0.05) is 20.3 Å². The van der Waals surface area contributed by atoms with Gasteiger partial charge in [0.1, 0.15) is 5.54 Å². The lowest BCUT2D eigenvalue weighted by Gasteiger charge is -2.28. The van der Waals surface area contributed by atoms with Gasteiger partial charge in [0.05, 0.1) is 0 Å². The monoisotopic (exact) mass is 240 g/mol. The molecule has 0 heterocycles. The van der Waals surface area contributed by atoms with Crippen molar-refractivity contribution in [1.29, 1.82) is 0 Å². The van der Waals surface area contributed by atoms with Gasteiger partial charge in [0.2, 0.25) is 0 Å². The summed E-state index contributed by atoms with van der Waals surface area (Å²) in [6, 6.07) is -0.197. The van der Waals surface area contributed by atoms with Crippen LogP contribution in [0.25, 0.3) is 0 Å². The molecule has 5 heteroatoms. The van der Waals surface area contributed by atoms with Gasteiger partial charge < -0.3 is 15.7 Å². The van der Waals surface area contributed by atoms with Crippen LogP contribution < -0.4 is 10.6 Å². The molecule has 0 radical (unpaired) electrons. The fourth-order valence-corrected chi connectivity index (χ4v) is 2.52. The van der Waals surface area contributed by atoms with Crippen molar-refractivity contribution in [3.63, 3.8) is 0 Å². The molecule has 2 saturated carbocycles. The summed E-state index contributed by atoms with van der Waals surface area (Å²) in [6.07, 6.45) is 4.25. The maximum absolute atomic E-state index is 11.8. The minimum absolute atomic E-state index is 0.108. The van der Waals surface area contributed by atoms with E-state index in [9.17, 15) is 9.59 Å². The SMILES string of the molecule is CC1(C)CCCC1NC(=O)NC1(C(=O)O)CC1. The second-order valence-corrected chi connectivity index (χ2v) is 5.92. The molecule has 0 bridgehead atoms. The summed E-state index contributed by atoms with van der Waals surface area (Å²) in [7, 11) is 0. The van der Waals surface area contributed by atoms with Crippen molar-refractivity contribution < 1.29 is 14.7 Å². The Bertz CT molecular complexity index is 348. The third kappa shape index (κ3) is 2.37. The smallest absolute Gasteiger partial charge is 0.329 e. The maximum Gasteiger partial charge on any atom is 0.329 e. The van der Waals surface area contributed by atoms with Gasteiger partial charge >= 0.3 is 12.0 Å². The molecule has 2 rings (SSSR count). The fourth-order valence-electron chi connectivity index (χ4n) is 2.52. The third-order valence-corrected chi connectivity index (χ3v) is 4.07. The van der Waals surface area contributed by atoms with E-state index in [-0.39, 0.29) is 17.5 Å². The number of carbonyl (C=O) groups excluding carboxylic acids is 1. The minimum atomic E-state index is -0.993. The summed E-state index contributed by atoms with van der Waals surface area (Å²) in [5, 5.41) is 14.5. The average Bonchev–Trinajstić information content (AvgIpc) is 2.90. The number of hydrogen-bond acceptors (Lipinski definition) is 2. The standard InChI is InChI=1S/C12H20N2O3/c1-11(2)5-3-4-8(11)13-10(17)14-12(6-7-12)9(15)16/h8H,3-7H2,1-2H3,(H,15,16)(H2,13,14,17). The Balaban J connectivity index is 1.88. The van der Waals surface area contributed by atoms with E-state index in [1.54, 1.807) is 0 Å². The van der Waals surface area contributed by atoms with E-state index in [1.807, 2.05) is 0 Å². The van der Waals surface area contributed by atoms with Crippen molar-refractivity contribution in [2.24, 2.45) is 5.41 Å². The van der Waals surface area contributed by atoms with Crippen molar-refractivity contribution in [3.05, 3.63) is 0 Å². The van der Waals surface area contributed by atoms with E-state index in [0.29, 0.717) is 12.8 Å². The van der Waals surface area contributed by atoms with E-state index in [1.165, 1.54) is 0 Å². The van der Waals surface area contributed by atoms with Crippen LogP contribution in [0.1, 0.15) is 46.0 Å². The molecular weight excluding hydrogens is 220 g/mol. The third-order valence-electron chi connectivity index (χ3n) is 4.07. The van der Waals surface area contributed by atoms with Crippen LogP contribution in [0.5, 0.6) is 0 Å². The second kappa shape index (κ2) is 3.89. The number of hydrogen-bond donors (Lipinski definition) is 3. The van der Waals surface area contributed by atoms with Gasteiger partial charge in [0, 0.05) is 6.04 Å². The highest BCUT2D eigenvalue weighted by atomic mass is 16.4. The van der Waals surface area contributed by atoms with Gasteiger partial charge in [0.15, 0.2) is 0 Å². The van der Waals surface area contributed by atoms with Crippen molar-refractivity contribution in [2.75, 3.05) is 0 Å². The lowest BCUT2D eigenvalue weighted by Crippen LogP contribution is -2.52. The predicted octanol–water partition coefficient (Wildman–Crippen LogP) is 1.48. The Labute approximate surface area is 101 Å². The number of nitrogens with one attached hydrogen (secondary N) is 2. The van der Waals surface area contributed by atoms with E-state index in [2.05, 4.69) is 24.5 Å². The van der Waals surface area contributed by atoms with Crippen LogP contribution in [0.2, 0.25) is 0 Å². The van der Waals surface area contributed by atoms with Crippen LogP contribution in [-0.2, 0) is 4.79 Å². The highest BCUT2D eigenvalue weighted by molar-refractivity contribution is 5.89. The molecule has 2 fully saturated rings. The minimum Gasteiger partial charge on any atom is -0.480 e. The summed E-state index contributed by atoms with van der Waals surface area (Å²) in [5.74, 6) is -0.932. The molecule has 2 aliphatic rings. The summed E-state index contributed by atoms with van der Waals surface area (Å²) in [6.45, 7) is 4.27. The van der Waals surface area contributed by atoms with Crippen molar-refractivity contribution in [2.45, 2.75) is 57.5 Å². The van der Waals surface area contributed by atoms with E-state index >= 15 is 0 Å². The Kier molecular flexibility index (Phi) is 2.79. The number of urea groups is 1. The molecule has 0 spiro atoms. The van der Waals surface area contributed by atoms with E-state index in [4.69, 9.17) is 5.11 Å². The molecule has 2 aliphatic carbocycles. The highest BCUT2D eigenvalue weighted by Gasteiger charge is 2.52. The molecule has 1 atom stereocenters. The molecule has 0 aromatic heterocycles.